The molecule has 0 fully saturated rings. The van der Waals surface area contributed by atoms with E-state index in [1.165, 1.54) is 6.42 Å². The normalized spacial score (nSPS) is 20.0. The van der Waals surface area contributed by atoms with E-state index < -0.39 is 0 Å². The van der Waals surface area contributed by atoms with Crippen molar-refractivity contribution in [3.8, 4) is 0 Å². The van der Waals surface area contributed by atoms with Crippen molar-refractivity contribution in [3.05, 3.63) is 0 Å². The van der Waals surface area contributed by atoms with Gasteiger partial charge in [0.1, 0.15) is 0 Å². The lowest BCUT2D eigenvalue weighted by Gasteiger charge is -2.38. The Bertz CT molecular complexity index is 236. The average molecular weight is 225 g/mol. The predicted molar refractivity (Wildman–Crippen MR) is 74.2 cm³/mol. The fourth-order valence-electron chi connectivity index (χ4n) is 2.13. The summed E-state index contributed by atoms with van der Waals surface area (Å²) >= 11 is 0. The molecule has 96 valence electrons. The van der Waals surface area contributed by atoms with Gasteiger partial charge in [0.15, 0.2) is 0 Å². The van der Waals surface area contributed by atoms with Crippen molar-refractivity contribution in [2.75, 3.05) is 0 Å². The molecule has 0 saturated heterocycles. The molecule has 0 aliphatic carbocycles. The van der Waals surface area contributed by atoms with Gasteiger partial charge < -0.3 is 5.41 Å². The van der Waals surface area contributed by atoms with Gasteiger partial charge in [-0.2, -0.15) is 0 Å². The zero-order valence-corrected chi connectivity index (χ0v) is 12.6. The quantitative estimate of drug-likeness (QED) is 0.626. The van der Waals surface area contributed by atoms with Crippen LogP contribution in [0.4, 0.5) is 0 Å². The second-order valence-electron chi connectivity index (χ2n) is 6.80. The van der Waals surface area contributed by atoms with Gasteiger partial charge in [-0.3, -0.25) is 0 Å². The summed E-state index contributed by atoms with van der Waals surface area (Å²) in [6.07, 6.45) is 2.28. The lowest BCUT2D eigenvalue weighted by Crippen LogP contribution is -2.34. The summed E-state index contributed by atoms with van der Waals surface area (Å²) in [6.45, 7) is 18.0. The molecule has 0 spiro atoms. The largest absolute Gasteiger partial charge is 0.309 e. The molecule has 0 aliphatic rings. The van der Waals surface area contributed by atoms with Crippen LogP contribution in [0.2, 0.25) is 0 Å². The van der Waals surface area contributed by atoms with E-state index in [1.54, 1.807) is 0 Å². The first-order chi connectivity index (χ1) is 7.05. The molecule has 16 heavy (non-hydrogen) atoms. The highest BCUT2D eigenvalue weighted by Gasteiger charge is 2.34. The maximum Gasteiger partial charge on any atom is 0.0120 e. The first-order valence-electron chi connectivity index (χ1n) is 6.61. The minimum Gasteiger partial charge on any atom is -0.309 e. The maximum atomic E-state index is 7.98. The van der Waals surface area contributed by atoms with Crippen molar-refractivity contribution in [2.45, 2.75) is 68.2 Å². The van der Waals surface area contributed by atoms with Crippen molar-refractivity contribution in [3.63, 3.8) is 0 Å². The summed E-state index contributed by atoms with van der Waals surface area (Å²) in [5.74, 6) is 1.29. The van der Waals surface area contributed by atoms with Gasteiger partial charge in [0.2, 0.25) is 0 Å². The Labute approximate surface area is 103 Å². The van der Waals surface area contributed by atoms with Crippen LogP contribution in [0.5, 0.6) is 0 Å². The molecule has 3 unspecified atom stereocenters. The summed E-state index contributed by atoms with van der Waals surface area (Å²) in [4.78, 5) is 0. The van der Waals surface area contributed by atoms with Gasteiger partial charge >= 0.3 is 0 Å². The molecule has 0 aromatic heterocycles. The molecular weight excluding hydrogens is 194 g/mol. The highest BCUT2D eigenvalue weighted by Crippen LogP contribution is 2.40. The van der Waals surface area contributed by atoms with Gasteiger partial charge in [-0.25, -0.2) is 0 Å². The molecule has 0 aromatic rings. The number of hydrogen-bond acceptors (Lipinski definition) is 1. The first kappa shape index (κ1) is 15.7. The molecule has 0 amide bonds. The predicted octanol–water partition coefficient (Wildman–Crippen LogP) is 5.15. The van der Waals surface area contributed by atoms with Gasteiger partial charge in [-0.15, -0.1) is 0 Å². The second kappa shape index (κ2) is 5.33. The van der Waals surface area contributed by atoms with Crippen molar-refractivity contribution < 1.29 is 0 Å². The molecule has 0 radical (unpaired) electrons. The third kappa shape index (κ3) is 3.61. The van der Waals surface area contributed by atoms with Gasteiger partial charge in [-0.05, 0) is 37.0 Å². The first-order valence-corrected chi connectivity index (χ1v) is 6.61. The molecule has 1 nitrogen and oxygen atoms in total. The van der Waals surface area contributed by atoms with Crippen molar-refractivity contribution in [1.82, 2.24) is 0 Å². The van der Waals surface area contributed by atoms with Gasteiger partial charge in [-0.1, -0.05) is 48.5 Å². The average Bonchev–Trinajstić information content (AvgIpc) is 2.14. The van der Waals surface area contributed by atoms with E-state index in [4.69, 9.17) is 5.41 Å². The van der Waals surface area contributed by atoms with Crippen molar-refractivity contribution in [2.24, 2.45) is 22.7 Å². The van der Waals surface area contributed by atoms with Crippen LogP contribution in [0.1, 0.15) is 68.2 Å². The molecule has 3 atom stereocenters. The van der Waals surface area contributed by atoms with E-state index in [9.17, 15) is 0 Å². The summed E-state index contributed by atoms with van der Waals surface area (Å²) in [7, 11) is 0. The molecule has 0 aromatic carbocycles. The van der Waals surface area contributed by atoms with Crippen LogP contribution in [0.15, 0.2) is 0 Å². The smallest absolute Gasteiger partial charge is 0.0120 e. The third-order valence-corrected chi connectivity index (χ3v) is 4.86. The fraction of sp³-hybridized carbons (Fsp3) is 0.933. The Morgan fingerprint density at radius 2 is 1.50 bits per heavy atom. The van der Waals surface area contributed by atoms with Crippen LogP contribution in [-0.4, -0.2) is 5.71 Å². The minimum absolute atomic E-state index is 0.0828. The molecule has 0 saturated carbocycles. The van der Waals surface area contributed by atoms with Crippen LogP contribution in [0.3, 0.4) is 0 Å². The molecular formula is C15H31N. The lowest BCUT2D eigenvalue weighted by atomic mass is 9.66. The molecule has 1 heteroatoms. The zero-order chi connectivity index (χ0) is 13.1. The van der Waals surface area contributed by atoms with Gasteiger partial charge in [0, 0.05) is 11.1 Å². The number of rotatable bonds is 5. The van der Waals surface area contributed by atoms with Crippen LogP contribution in [0.25, 0.3) is 0 Å². The third-order valence-electron chi connectivity index (χ3n) is 4.86. The number of hydrogen-bond donors (Lipinski definition) is 1. The van der Waals surface area contributed by atoms with E-state index in [-0.39, 0.29) is 5.41 Å². The Balaban J connectivity index is 4.68. The second-order valence-corrected chi connectivity index (χ2v) is 6.80. The summed E-state index contributed by atoms with van der Waals surface area (Å²) < 4.78 is 0. The van der Waals surface area contributed by atoms with Crippen LogP contribution in [0, 0.1) is 28.1 Å². The SMILES string of the molecule is CCC(C)(C(C)=N)C(C)CC(C)C(C)(C)C. The highest BCUT2D eigenvalue weighted by molar-refractivity contribution is 5.84. The topological polar surface area (TPSA) is 23.9 Å². The Kier molecular flexibility index (Phi) is 5.22. The summed E-state index contributed by atoms with van der Waals surface area (Å²) in [5, 5.41) is 7.98. The molecule has 0 heterocycles. The van der Waals surface area contributed by atoms with Crippen LogP contribution in [-0.2, 0) is 0 Å². The Morgan fingerprint density at radius 3 is 1.75 bits per heavy atom. The Morgan fingerprint density at radius 1 is 1.06 bits per heavy atom. The van der Waals surface area contributed by atoms with E-state index in [0.717, 1.165) is 12.1 Å². The van der Waals surface area contributed by atoms with E-state index in [0.29, 0.717) is 17.3 Å². The van der Waals surface area contributed by atoms with Gasteiger partial charge in [0.05, 0.1) is 0 Å². The van der Waals surface area contributed by atoms with Crippen LogP contribution >= 0.6 is 0 Å². The monoisotopic (exact) mass is 225 g/mol. The maximum absolute atomic E-state index is 7.98. The molecule has 1 N–H and O–H groups in total. The van der Waals surface area contributed by atoms with E-state index >= 15 is 0 Å². The molecule has 0 bridgehead atoms. The summed E-state index contributed by atoms with van der Waals surface area (Å²) in [6, 6.07) is 0. The summed E-state index contributed by atoms with van der Waals surface area (Å²) in [5.41, 5.74) is 1.29. The number of nitrogens with one attached hydrogen (secondary N) is 1. The Hall–Kier alpha value is -0.330. The van der Waals surface area contributed by atoms with E-state index in [2.05, 4.69) is 48.5 Å². The van der Waals surface area contributed by atoms with E-state index in [1.807, 2.05) is 6.92 Å². The highest BCUT2D eigenvalue weighted by atomic mass is 14.5. The van der Waals surface area contributed by atoms with Gasteiger partial charge in [0.25, 0.3) is 0 Å². The molecule has 0 rings (SSSR count). The van der Waals surface area contributed by atoms with Crippen LogP contribution < -0.4 is 0 Å². The molecule has 0 aliphatic heterocycles. The zero-order valence-electron chi connectivity index (χ0n) is 12.6. The minimum atomic E-state index is 0.0828. The van der Waals surface area contributed by atoms with Crippen molar-refractivity contribution in [1.29, 1.82) is 5.41 Å². The van der Waals surface area contributed by atoms with Crippen molar-refractivity contribution >= 4 is 5.71 Å². The fourth-order valence-corrected chi connectivity index (χ4v) is 2.13. The lowest BCUT2D eigenvalue weighted by molar-refractivity contribution is 0.169. The standard InChI is InChI=1S/C15H31N/c1-9-15(8,13(4)16)12(3)10-11(2)14(5,6)7/h11-12,16H,9-10H2,1-8H3.